The van der Waals surface area contributed by atoms with Crippen LogP contribution in [0.25, 0.3) is 0 Å². The van der Waals surface area contributed by atoms with Gasteiger partial charge in [0.15, 0.2) is 0 Å². The Labute approximate surface area is 205 Å². The van der Waals surface area contributed by atoms with Crippen LogP contribution in [0.5, 0.6) is 0 Å². The number of carbonyl (C=O) groups excluding carboxylic acids is 1. The van der Waals surface area contributed by atoms with Crippen molar-refractivity contribution in [2.75, 3.05) is 6.54 Å². The van der Waals surface area contributed by atoms with E-state index >= 15 is 0 Å². The maximum Gasteiger partial charge on any atom is 0.416 e. The van der Waals surface area contributed by atoms with E-state index in [0.29, 0.717) is 37.0 Å². The first-order valence-corrected chi connectivity index (χ1v) is 12.4. The van der Waals surface area contributed by atoms with Gasteiger partial charge in [0.2, 0.25) is 0 Å². The molecule has 0 saturated carbocycles. The van der Waals surface area contributed by atoms with Gasteiger partial charge in [-0.1, -0.05) is 39.8 Å². The number of aromatic nitrogens is 2. The summed E-state index contributed by atoms with van der Waals surface area (Å²) in [6.07, 6.45) is 2.20. The smallest absolute Gasteiger partial charge is 0.416 e. The first-order valence-electron chi connectivity index (χ1n) is 12.4. The Bertz CT molecular complexity index is 959. The first-order chi connectivity index (χ1) is 16.5. The zero-order valence-corrected chi connectivity index (χ0v) is 20.9. The number of halogens is 3. The summed E-state index contributed by atoms with van der Waals surface area (Å²) in [7, 11) is 0. The molecule has 1 aromatic carbocycles. The van der Waals surface area contributed by atoms with E-state index in [9.17, 15) is 23.1 Å². The second-order valence-corrected chi connectivity index (χ2v) is 10.4. The van der Waals surface area contributed by atoms with E-state index in [1.54, 1.807) is 0 Å². The minimum absolute atomic E-state index is 0.0543. The third kappa shape index (κ3) is 7.26. The van der Waals surface area contributed by atoms with Crippen molar-refractivity contribution in [1.82, 2.24) is 14.9 Å². The summed E-state index contributed by atoms with van der Waals surface area (Å²) in [4.78, 5) is 22.9. The molecule has 1 aromatic heterocycles. The molecule has 2 aromatic rings. The van der Waals surface area contributed by atoms with Gasteiger partial charge < -0.3 is 9.90 Å². The number of aliphatic carboxylic acids is 1. The predicted molar refractivity (Wildman–Crippen MR) is 126 cm³/mol. The molecule has 0 unspecified atom stereocenters. The highest BCUT2D eigenvalue weighted by Crippen LogP contribution is 2.42. The predicted octanol–water partition coefficient (Wildman–Crippen LogP) is 5.69. The molecule has 1 saturated heterocycles. The molecule has 35 heavy (non-hydrogen) atoms. The summed E-state index contributed by atoms with van der Waals surface area (Å²) in [5, 5.41) is 11.3. The maximum absolute atomic E-state index is 13.2. The van der Waals surface area contributed by atoms with Crippen molar-refractivity contribution in [2.45, 2.75) is 84.0 Å². The monoisotopic (exact) mass is 490 g/mol. The summed E-state index contributed by atoms with van der Waals surface area (Å²) >= 11 is 0. The van der Waals surface area contributed by atoms with Gasteiger partial charge >= 0.3 is 6.18 Å². The van der Waals surface area contributed by atoms with Crippen molar-refractivity contribution in [3.63, 3.8) is 0 Å². The van der Waals surface area contributed by atoms with Crippen LogP contribution in [0.15, 0.2) is 36.7 Å². The number of likely N-dealkylation sites (tertiary alicyclic amines) is 1. The number of rotatable bonds is 9. The zero-order chi connectivity index (χ0) is 25.8. The van der Waals surface area contributed by atoms with E-state index in [2.05, 4.69) is 42.6 Å². The molecule has 2 heterocycles. The average molecular weight is 491 g/mol. The van der Waals surface area contributed by atoms with Crippen LogP contribution < -0.4 is 5.11 Å². The van der Waals surface area contributed by atoms with Crippen molar-refractivity contribution in [3.8, 4) is 0 Å². The molecule has 0 amide bonds. The van der Waals surface area contributed by atoms with Crippen molar-refractivity contribution in [3.05, 3.63) is 59.2 Å². The Morgan fingerprint density at radius 1 is 1.09 bits per heavy atom. The highest BCUT2D eigenvalue weighted by atomic mass is 19.4. The number of carboxylic acid groups (broad SMARTS) is 1. The number of carboxylic acids is 1. The Kier molecular flexibility index (Phi) is 8.91. The van der Waals surface area contributed by atoms with Crippen molar-refractivity contribution in [1.29, 1.82) is 0 Å². The lowest BCUT2D eigenvalue weighted by Gasteiger charge is -2.44. The molecule has 0 spiro atoms. The van der Waals surface area contributed by atoms with E-state index in [4.69, 9.17) is 0 Å². The lowest BCUT2D eigenvalue weighted by Crippen LogP contribution is -2.41. The topological polar surface area (TPSA) is 69.2 Å². The molecule has 0 bridgehead atoms. The van der Waals surface area contributed by atoms with E-state index in [1.165, 1.54) is 12.1 Å². The molecule has 0 radical (unpaired) electrons. The van der Waals surface area contributed by atoms with Crippen molar-refractivity contribution >= 4 is 5.97 Å². The lowest BCUT2D eigenvalue weighted by molar-refractivity contribution is -0.307. The molecular weight excluding hydrogens is 455 g/mol. The summed E-state index contributed by atoms with van der Waals surface area (Å²) in [5.74, 6) is 0.272. The van der Waals surface area contributed by atoms with Crippen LogP contribution in [0.3, 0.4) is 0 Å². The van der Waals surface area contributed by atoms with Gasteiger partial charge in [-0.05, 0) is 79.7 Å². The fourth-order valence-electron chi connectivity index (χ4n) is 4.83. The number of carbonyl (C=O) groups is 1. The summed E-state index contributed by atoms with van der Waals surface area (Å²) in [6, 6.07) is 4.89. The molecule has 5 nitrogen and oxygen atoms in total. The maximum atomic E-state index is 13.2. The number of hydrogen-bond acceptors (Lipinski definition) is 5. The molecule has 1 aliphatic rings. The third-order valence-corrected chi connectivity index (χ3v) is 6.90. The van der Waals surface area contributed by atoms with Gasteiger partial charge in [0.05, 0.1) is 11.6 Å². The SMILES string of the molecule is CC(C)CC[C@H](c1ncc(C(C)C)cn1)N1CC[C@@H](CC(=O)[O-])C[C@H]1c1ccc(C(F)(F)F)cc1. The molecule has 1 fully saturated rings. The largest absolute Gasteiger partial charge is 0.550 e. The Morgan fingerprint density at radius 2 is 1.71 bits per heavy atom. The highest BCUT2D eigenvalue weighted by Gasteiger charge is 2.37. The third-order valence-electron chi connectivity index (χ3n) is 6.90. The molecule has 3 atom stereocenters. The fraction of sp³-hybridized carbons (Fsp3) is 0.593. The number of hydrogen-bond donors (Lipinski definition) is 0. The van der Waals surface area contributed by atoms with E-state index in [-0.39, 0.29) is 24.4 Å². The fourth-order valence-corrected chi connectivity index (χ4v) is 4.83. The molecular formula is C27H35F3N3O2-. The molecule has 1 aliphatic heterocycles. The van der Waals surface area contributed by atoms with Gasteiger partial charge in [-0.2, -0.15) is 13.2 Å². The lowest BCUT2D eigenvalue weighted by atomic mass is 9.83. The van der Waals surface area contributed by atoms with Crippen molar-refractivity contribution < 1.29 is 23.1 Å². The van der Waals surface area contributed by atoms with Gasteiger partial charge in [-0.15, -0.1) is 0 Å². The Morgan fingerprint density at radius 3 is 2.23 bits per heavy atom. The van der Waals surface area contributed by atoms with E-state index in [0.717, 1.165) is 36.1 Å². The van der Waals surface area contributed by atoms with Gasteiger partial charge in [-0.3, -0.25) is 4.90 Å². The Balaban J connectivity index is 1.97. The number of benzene rings is 1. The van der Waals surface area contributed by atoms with E-state index in [1.807, 2.05) is 12.4 Å². The van der Waals surface area contributed by atoms with Gasteiger partial charge in [0.25, 0.3) is 0 Å². The standard InChI is InChI=1S/C27H36F3N3O2/c1-17(2)5-10-23(26-31-15-21(16-32-26)18(3)4)33-12-11-19(14-25(34)35)13-24(33)20-6-8-22(9-7-20)27(28,29)30/h6-9,15-19,23-24H,5,10-14H2,1-4H3,(H,34,35)/p-1/t19-,23-,24+/m1/s1. The van der Waals surface area contributed by atoms with Crippen LogP contribution >= 0.6 is 0 Å². The second kappa shape index (κ2) is 11.5. The second-order valence-electron chi connectivity index (χ2n) is 10.4. The van der Waals surface area contributed by atoms with E-state index < -0.39 is 17.7 Å². The zero-order valence-electron chi connectivity index (χ0n) is 20.9. The average Bonchev–Trinajstić information content (AvgIpc) is 2.79. The quantitative estimate of drug-likeness (QED) is 0.452. The Hall–Kier alpha value is -2.48. The van der Waals surface area contributed by atoms with Crippen LogP contribution in [-0.4, -0.2) is 27.4 Å². The van der Waals surface area contributed by atoms with Gasteiger partial charge in [0, 0.05) is 24.4 Å². The molecule has 0 aliphatic carbocycles. The number of alkyl halides is 3. The molecule has 3 rings (SSSR count). The van der Waals surface area contributed by atoms with Crippen LogP contribution in [0, 0.1) is 11.8 Å². The summed E-state index contributed by atoms with van der Waals surface area (Å²) in [6.45, 7) is 9.08. The highest BCUT2D eigenvalue weighted by molar-refractivity contribution is 5.64. The molecule has 8 heteroatoms. The molecule has 192 valence electrons. The van der Waals surface area contributed by atoms with Crippen molar-refractivity contribution in [2.24, 2.45) is 11.8 Å². The van der Waals surface area contributed by atoms with Crippen LogP contribution in [0.1, 0.15) is 100 Å². The summed E-state index contributed by atoms with van der Waals surface area (Å²) in [5.41, 5.74) is 1.09. The van der Waals surface area contributed by atoms with Crippen LogP contribution in [0.4, 0.5) is 13.2 Å². The normalized spacial score (nSPS) is 20.4. The van der Waals surface area contributed by atoms with Gasteiger partial charge in [0.1, 0.15) is 5.82 Å². The van der Waals surface area contributed by atoms with Crippen LogP contribution in [-0.2, 0) is 11.0 Å². The number of piperidine rings is 1. The van der Waals surface area contributed by atoms with Crippen LogP contribution in [0.2, 0.25) is 0 Å². The van der Waals surface area contributed by atoms with Gasteiger partial charge in [-0.25, -0.2) is 9.97 Å². The molecule has 0 N–H and O–H groups in total. The minimum Gasteiger partial charge on any atom is -0.550 e. The number of nitrogens with zero attached hydrogens (tertiary/aromatic N) is 3. The minimum atomic E-state index is -4.41. The first kappa shape index (κ1) is 27.1. The summed E-state index contributed by atoms with van der Waals surface area (Å²) < 4.78 is 39.5.